The van der Waals surface area contributed by atoms with Crippen molar-refractivity contribution in [3.05, 3.63) is 40.3 Å². The molecule has 0 saturated carbocycles. The van der Waals surface area contributed by atoms with E-state index in [4.69, 9.17) is 4.74 Å². The van der Waals surface area contributed by atoms with Gasteiger partial charge in [-0.05, 0) is 44.5 Å². The Kier molecular flexibility index (Phi) is 6.04. The van der Waals surface area contributed by atoms with Gasteiger partial charge in [-0.15, -0.1) is 5.10 Å². The number of benzene rings is 1. The fraction of sp³-hybridized carbons (Fsp3) is 0.438. The fourth-order valence-corrected chi connectivity index (χ4v) is 3.10. The van der Waals surface area contributed by atoms with Crippen LogP contribution < -0.4 is 10.4 Å². The first-order chi connectivity index (χ1) is 11.1. The number of hydrogen-bond donors (Lipinski definition) is 1. The van der Waals surface area contributed by atoms with E-state index in [0.717, 1.165) is 12.2 Å². The number of carbonyl (C=O) groups excluding carboxylic acids is 1. The maximum Gasteiger partial charge on any atom is 0.343 e. The summed E-state index contributed by atoms with van der Waals surface area (Å²) in [4.78, 5) is 24.2. The van der Waals surface area contributed by atoms with Crippen molar-refractivity contribution in [2.75, 3.05) is 6.61 Å². The summed E-state index contributed by atoms with van der Waals surface area (Å²) in [5.41, 5.74) is 0.378. The van der Waals surface area contributed by atoms with Crippen molar-refractivity contribution in [3.8, 4) is 5.75 Å². The molecule has 1 N–H and O–H groups in total. The van der Waals surface area contributed by atoms with E-state index in [-0.39, 0.29) is 16.7 Å². The minimum atomic E-state index is -0.334. The zero-order valence-corrected chi connectivity index (χ0v) is 14.4. The minimum absolute atomic E-state index is 0.00320. The van der Waals surface area contributed by atoms with Gasteiger partial charge in [-0.1, -0.05) is 18.7 Å². The second-order valence-corrected chi connectivity index (χ2v) is 6.35. The summed E-state index contributed by atoms with van der Waals surface area (Å²) < 4.78 is 6.94. The van der Waals surface area contributed by atoms with Gasteiger partial charge in [0.15, 0.2) is 10.9 Å². The lowest BCUT2D eigenvalue weighted by molar-refractivity contribution is 0.0994. The Morgan fingerprint density at radius 1 is 1.35 bits per heavy atom. The normalized spacial score (nSPS) is 12.1. The smallest absolute Gasteiger partial charge is 0.343 e. The summed E-state index contributed by atoms with van der Waals surface area (Å²) >= 11 is 1.29. The quantitative estimate of drug-likeness (QED) is 0.593. The predicted octanol–water partition coefficient (Wildman–Crippen LogP) is 2.74. The molecule has 7 heteroatoms. The zero-order valence-electron chi connectivity index (χ0n) is 13.5. The molecular weight excluding hydrogens is 314 g/mol. The van der Waals surface area contributed by atoms with Gasteiger partial charge in [0.1, 0.15) is 5.75 Å². The monoisotopic (exact) mass is 335 g/mol. The Hall–Kier alpha value is -2.02. The number of carbonyl (C=O) groups is 1. The van der Waals surface area contributed by atoms with Gasteiger partial charge in [0.05, 0.1) is 11.9 Å². The van der Waals surface area contributed by atoms with E-state index >= 15 is 0 Å². The average Bonchev–Trinajstić information content (AvgIpc) is 2.89. The van der Waals surface area contributed by atoms with Gasteiger partial charge in [0, 0.05) is 12.1 Å². The molecule has 0 bridgehead atoms. The number of aromatic amines is 1. The summed E-state index contributed by atoms with van der Waals surface area (Å²) in [6, 6.07) is 7.09. The number of ether oxygens (including phenoxy) is 1. The van der Waals surface area contributed by atoms with Crippen molar-refractivity contribution in [3.63, 3.8) is 0 Å². The molecule has 0 aliphatic rings. The van der Waals surface area contributed by atoms with Gasteiger partial charge in [0.25, 0.3) is 0 Å². The summed E-state index contributed by atoms with van der Waals surface area (Å²) in [6.45, 7) is 6.90. The number of ketones is 1. The Morgan fingerprint density at radius 2 is 2.04 bits per heavy atom. The molecule has 1 aromatic carbocycles. The number of nitrogens with one attached hydrogen (secondary N) is 1. The van der Waals surface area contributed by atoms with Crippen molar-refractivity contribution in [1.82, 2.24) is 14.8 Å². The number of aromatic nitrogens is 3. The number of thioether (sulfide) groups is 1. The summed E-state index contributed by atoms with van der Waals surface area (Å²) in [5.74, 6) is 0.741. The highest BCUT2D eigenvalue weighted by atomic mass is 32.2. The van der Waals surface area contributed by atoms with Gasteiger partial charge in [-0.3, -0.25) is 9.36 Å². The lowest BCUT2D eigenvalue weighted by atomic mass is 10.1. The molecule has 6 nitrogen and oxygen atoms in total. The molecule has 1 heterocycles. The number of hydrogen-bond acceptors (Lipinski definition) is 5. The van der Waals surface area contributed by atoms with Crippen molar-refractivity contribution < 1.29 is 9.53 Å². The summed E-state index contributed by atoms with van der Waals surface area (Å²) in [5, 5.41) is 6.65. The molecule has 0 saturated heterocycles. The van der Waals surface area contributed by atoms with E-state index in [2.05, 4.69) is 10.2 Å². The van der Waals surface area contributed by atoms with E-state index in [0.29, 0.717) is 23.9 Å². The molecule has 0 fully saturated rings. The predicted molar refractivity (Wildman–Crippen MR) is 90.4 cm³/mol. The third-order valence-corrected chi connectivity index (χ3v) is 4.36. The van der Waals surface area contributed by atoms with Crippen LogP contribution in [0.15, 0.2) is 34.2 Å². The van der Waals surface area contributed by atoms with Crippen LogP contribution in [0.1, 0.15) is 37.6 Å². The molecule has 0 aliphatic carbocycles. The van der Waals surface area contributed by atoms with Crippen molar-refractivity contribution in [1.29, 1.82) is 0 Å². The molecule has 23 heavy (non-hydrogen) atoms. The van der Waals surface area contributed by atoms with Crippen LogP contribution in [0.5, 0.6) is 5.75 Å². The maximum absolute atomic E-state index is 12.5. The first kappa shape index (κ1) is 17.3. The lowest BCUT2D eigenvalue weighted by Crippen LogP contribution is -2.19. The summed E-state index contributed by atoms with van der Waals surface area (Å²) in [7, 11) is 0. The molecule has 0 unspecified atom stereocenters. The standard InChI is InChI=1S/C16H21N3O3S/c1-4-10-19-15(21)17-18-16(19)23-11(3)14(20)12-6-8-13(9-7-12)22-5-2/h6-9,11H,4-5,10H2,1-3H3,(H,17,21)/t11-/m0/s1. The highest BCUT2D eigenvalue weighted by Crippen LogP contribution is 2.24. The zero-order chi connectivity index (χ0) is 16.8. The first-order valence-electron chi connectivity index (χ1n) is 7.65. The molecule has 1 atom stereocenters. The fourth-order valence-electron chi connectivity index (χ4n) is 2.14. The van der Waals surface area contributed by atoms with Crippen molar-refractivity contribution in [2.45, 2.75) is 44.1 Å². The molecule has 124 valence electrons. The van der Waals surface area contributed by atoms with Crippen molar-refractivity contribution in [2.24, 2.45) is 0 Å². The Labute approximate surface area is 139 Å². The molecule has 0 amide bonds. The summed E-state index contributed by atoms with van der Waals surface area (Å²) in [6.07, 6.45) is 0.828. The van der Waals surface area contributed by atoms with Crippen LogP contribution in [0.25, 0.3) is 0 Å². The van der Waals surface area contributed by atoms with E-state index < -0.39 is 0 Å². The van der Waals surface area contributed by atoms with E-state index in [1.807, 2.05) is 20.8 Å². The average molecular weight is 335 g/mol. The Balaban J connectivity index is 2.09. The highest BCUT2D eigenvalue weighted by Gasteiger charge is 2.20. The lowest BCUT2D eigenvalue weighted by Gasteiger charge is -2.11. The van der Waals surface area contributed by atoms with Crippen LogP contribution in [0.2, 0.25) is 0 Å². The number of Topliss-reactive ketones (excluding diaryl/α,β-unsaturated/α-hetero) is 1. The van der Waals surface area contributed by atoms with Crippen LogP contribution in [-0.2, 0) is 6.54 Å². The van der Waals surface area contributed by atoms with Gasteiger partial charge in [0.2, 0.25) is 0 Å². The Bertz CT molecular complexity index is 706. The van der Waals surface area contributed by atoms with Crippen molar-refractivity contribution >= 4 is 17.5 Å². The van der Waals surface area contributed by atoms with E-state index in [1.165, 1.54) is 11.8 Å². The molecule has 1 aromatic heterocycles. The molecule has 2 rings (SSSR count). The highest BCUT2D eigenvalue weighted by molar-refractivity contribution is 8.00. The van der Waals surface area contributed by atoms with Gasteiger partial charge in [-0.25, -0.2) is 9.89 Å². The number of rotatable bonds is 8. The number of nitrogens with zero attached hydrogens (tertiary/aromatic N) is 2. The first-order valence-corrected chi connectivity index (χ1v) is 8.53. The third-order valence-electron chi connectivity index (χ3n) is 3.27. The van der Waals surface area contributed by atoms with Crippen LogP contribution in [0.3, 0.4) is 0 Å². The Morgan fingerprint density at radius 3 is 2.65 bits per heavy atom. The van der Waals surface area contributed by atoms with Crippen LogP contribution in [-0.4, -0.2) is 32.4 Å². The molecular formula is C16H21N3O3S. The maximum atomic E-state index is 12.5. The van der Waals surface area contributed by atoms with Crippen LogP contribution >= 0.6 is 11.8 Å². The number of H-pyrrole nitrogens is 1. The van der Waals surface area contributed by atoms with Crippen LogP contribution in [0.4, 0.5) is 0 Å². The molecule has 0 spiro atoms. The SMILES string of the molecule is CCCn1c(S[C@@H](C)C(=O)c2ccc(OCC)cc2)n[nH]c1=O. The minimum Gasteiger partial charge on any atom is -0.494 e. The van der Waals surface area contributed by atoms with Gasteiger partial charge < -0.3 is 4.74 Å². The second-order valence-electron chi connectivity index (χ2n) is 5.04. The van der Waals surface area contributed by atoms with E-state index in [9.17, 15) is 9.59 Å². The van der Waals surface area contributed by atoms with Gasteiger partial charge in [-0.2, -0.15) is 0 Å². The largest absolute Gasteiger partial charge is 0.494 e. The van der Waals surface area contributed by atoms with Crippen LogP contribution in [0, 0.1) is 0 Å². The van der Waals surface area contributed by atoms with Gasteiger partial charge >= 0.3 is 5.69 Å². The topological polar surface area (TPSA) is 77.0 Å². The molecule has 0 aliphatic heterocycles. The molecule has 2 aromatic rings. The van der Waals surface area contributed by atoms with E-state index in [1.54, 1.807) is 28.8 Å². The third kappa shape index (κ3) is 4.25. The molecule has 0 radical (unpaired) electrons. The second kappa shape index (κ2) is 8.01.